The fourth-order valence-corrected chi connectivity index (χ4v) is 7.69. The highest BCUT2D eigenvalue weighted by atomic mass is 16.2. The third-order valence-corrected chi connectivity index (χ3v) is 10.7. The zero-order chi connectivity index (χ0) is 40.1. The summed E-state index contributed by atoms with van der Waals surface area (Å²) in [7, 11) is 0. The van der Waals surface area contributed by atoms with Crippen LogP contribution in [0.25, 0.3) is 0 Å². The Morgan fingerprint density at radius 2 is 0.714 bits per heavy atom. The molecule has 0 aromatic heterocycles. The van der Waals surface area contributed by atoms with E-state index in [0.717, 1.165) is 11.1 Å². The van der Waals surface area contributed by atoms with Gasteiger partial charge in [0.05, 0.1) is 69.7 Å². The average Bonchev–Trinajstić information content (AvgIpc) is 3.92. The molecular weight excluding hydrogens is 701 g/mol. The Bertz CT molecular complexity index is 2280. The van der Waals surface area contributed by atoms with Crippen LogP contribution in [0.2, 0.25) is 0 Å². The van der Waals surface area contributed by atoms with Gasteiger partial charge in [-0.05, 0) is 68.5 Å². The molecule has 4 amide bonds. The average molecular weight is 743 g/mol. The molecule has 4 aliphatic rings. The second kappa shape index (κ2) is 14.1. The molecule has 10 heteroatoms. The van der Waals surface area contributed by atoms with Gasteiger partial charge in [-0.1, -0.05) is 114 Å². The number of hydrogen-bond acceptors (Lipinski definition) is 6. The highest BCUT2D eigenvalue weighted by Crippen LogP contribution is 2.43. The number of amides is 4. The normalized spacial score (nSPS) is 21.2. The van der Waals surface area contributed by atoms with E-state index >= 15 is 0 Å². The summed E-state index contributed by atoms with van der Waals surface area (Å²) >= 11 is 0. The van der Waals surface area contributed by atoms with Crippen molar-refractivity contribution in [1.82, 2.24) is 21.3 Å². The number of nitrogens with one attached hydrogen (secondary N) is 4. The number of carbonyl (C=O) groups is 4. The zero-order valence-corrected chi connectivity index (χ0v) is 32.1. The van der Waals surface area contributed by atoms with Crippen LogP contribution in [0.4, 0.5) is 0 Å². The van der Waals surface area contributed by atoms with Crippen LogP contribution in [-0.4, -0.2) is 23.6 Å². The Hall–Kier alpha value is -6.78. The maximum atomic E-state index is 12.9. The molecule has 8 rings (SSSR count). The SMILES string of the molecule is CC(C)(C)c1ccc(C2NC(=O)C3=C2C(=O)NC3c2ccc(C(C)(C)C)cc2)cc1.N#Cc1cccc(C2NC(=O)C3=C2C(=O)NC3c2cccc(C#N)c2)c1. The topological polar surface area (TPSA) is 164 Å². The molecule has 4 N–H and O–H groups in total. The van der Waals surface area contributed by atoms with Gasteiger partial charge in [0.15, 0.2) is 0 Å². The molecule has 0 saturated carbocycles. The molecule has 4 heterocycles. The van der Waals surface area contributed by atoms with Crippen LogP contribution in [0.1, 0.15) is 110 Å². The van der Waals surface area contributed by atoms with Crippen molar-refractivity contribution < 1.29 is 19.2 Å². The van der Waals surface area contributed by atoms with Gasteiger partial charge >= 0.3 is 0 Å². The van der Waals surface area contributed by atoms with Crippen molar-refractivity contribution in [3.8, 4) is 12.1 Å². The molecule has 0 aliphatic carbocycles. The van der Waals surface area contributed by atoms with Crippen LogP contribution < -0.4 is 21.3 Å². The smallest absolute Gasteiger partial charge is 0.250 e. The van der Waals surface area contributed by atoms with Gasteiger partial charge in [-0.2, -0.15) is 10.5 Å². The van der Waals surface area contributed by atoms with Gasteiger partial charge < -0.3 is 21.3 Å². The van der Waals surface area contributed by atoms with Crippen molar-refractivity contribution in [2.75, 3.05) is 0 Å². The summed E-state index contributed by atoms with van der Waals surface area (Å²) in [5, 5.41) is 29.9. The van der Waals surface area contributed by atoms with Crippen molar-refractivity contribution >= 4 is 23.6 Å². The third kappa shape index (κ3) is 6.86. The molecule has 4 unspecified atom stereocenters. The molecule has 56 heavy (non-hydrogen) atoms. The van der Waals surface area contributed by atoms with E-state index in [0.29, 0.717) is 44.5 Å². The van der Waals surface area contributed by atoms with Crippen molar-refractivity contribution in [1.29, 1.82) is 10.5 Å². The van der Waals surface area contributed by atoms with E-state index in [1.807, 2.05) is 24.3 Å². The molecule has 0 spiro atoms. The standard InChI is InChI=1S/C26H30N2O2.C20H12N4O2/c1-25(2,3)17-11-7-15(8-12-17)21-19-20(24(30)27-21)22(28-23(19)29)16-9-13-18(14-10-16)26(4,5)6;21-9-11-3-1-5-13(7-11)17-15-16(20(26)23-17)18(24-19(15)25)14-6-2-4-12(8-14)10-22/h7-14,21-22H,1-6H3,(H,27,30)(H,28,29);1-8,17-18H,(H,23,26)(H,24,25). The Labute approximate surface area is 326 Å². The summed E-state index contributed by atoms with van der Waals surface area (Å²) in [6, 6.07) is 32.2. The monoisotopic (exact) mass is 742 g/mol. The van der Waals surface area contributed by atoms with Gasteiger partial charge in [-0.15, -0.1) is 0 Å². The van der Waals surface area contributed by atoms with Crippen LogP contribution >= 0.6 is 0 Å². The lowest BCUT2D eigenvalue weighted by molar-refractivity contribution is -0.120. The Kier molecular flexibility index (Phi) is 9.47. The molecule has 280 valence electrons. The van der Waals surface area contributed by atoms with Crippen LogP contribution in [0, 0.1) is 22.7 Å². The predicted octanol–water partition coefficient (Wildman–Crippen LogP) is 6.39. The van der Waals surface area contributed by atoms with Crippen molar-refractivity contribution in [2.45, 2.75) is 76.5 Å². The molecule has 4 aliphatic heterocycles. The van der Waals surface area contributed by atoms with Crippen molar-refractivity contribution in [3.63, 3.8) is 0 Å². The molecule has 10 nitrogen and oxygen atoms in total. The first-order chi connectivity index (χ1) is 26.6. The first-order valence-electron chi connectivity index (χ1n) is 18.5. The number of nitrogens with zero attached hydrogens (tertiary/aromatic N) is 2. The van der Waals surface area contributed by atoms with E-state index in [-0.39, 0.29) is 34.5 Å². The van der Waals surface area contributed by atoms with E-state index in [2.05, 4.69) is 99.2 Å². The minimum absolute atomic E-state index is 0.0525. The second-order valence-corrected chi connectivity index (χ2v) is 16.5. The van der Waals surface area contributed by atoms with Crippen LogP contribution in [0.15, 0.2) is 119 Å². The molecule has 4 aromatic rings. The fraction of sp³-hybridized carbons (Fsp3) is 0.261. The molecular formula is C46H42N6O4. The highest BCUT2D eigenvalue weighted by Gasteiger charge is 2.47. The summed E-state index contributed by atoms with van der Waals surface area (Å²) in [5.41, 5.74) is 8.54. The van der Waals surface area contributed by atoms with Gasteiger partial charge in [-0.3, -0.25) is 19.2 Å². The lowest BCUT2D eigenvalue weighted by Gasteiger charge is -2.22. The summed E-state index contributed by atoms with van der Waals surface area (Å²) in [6.07, 6.45) is 0. The Morgan fingerprint density at radius 3 is 0.982 bits per heavy atom. The largest absolute Gasteiger partial charge is 0.341 e. The van der Waals surface area contributed by atoms with E-state index in [1.54, 1.807) is 48.5 Å². The van der Waals surface area contributed by atoms with Gasteiger partial charge in [0, 0.05) is 0 Å². The molecule has 0 fully saturated rings. The minimum Gasteiger partial charge on any atom is -0.341 e. The predicted molar refractivity (Wildman–Crippen MR) is 210 cm³/mol. The Balaban J connectivity index is 0.000000173. The number of benzene rings is 4. The number of carbonyl (C=O) groups excluding carboxylic acids is 4. The molecule has 0 bridgehead atoms. The summed E-state index contributed by atoms with van der Waals surface area (Å²) < 4.78 is 0. The molecule has 0 radical (unpaired) electrons. The molecule has 0 saturated heterocycles. The highest BCUT2D eigenvalue weighted by molar-refractivity contribution is 6.14. The fourth-order valence-electron chi connectivity index (χ4n) is 7.69. The van der Waals surface area contributed by atoms with E-state index in [4.69, 9.17) is 10.5 Å². The first-order valence-corrected chi connectivity index (χ1v) is 18.5. The number of nitriles is 2. The summed E-state index contributed by atoms with van der Waals surface area (Å²) in [6.45, 7) is 13.0. The van der Waals surface area contributed by atoms with Gasteiger partial charge in [-0.25, -0.2) is 0 Å². The number of rotatable bonds is 4. The van der Waals surface area contributed by atoms with Crippen LogP contribution in [-0.2, 0) is 30.0 Å². The van der Waals surface area contributed by atoms with E-state index in [1.165, 1.54) is 11.1 Å². The maximum absolute atomic E-state index is 12.9. The van der Waals surface area contributed by atoms with Crippen LogP contribution in [0.5, 0.6) is 0 Å². The maximum Gasteiger partial charge on any atom is 0.250 e. The second-order valence-electron chi connectivity index (χ2n) is 16.5. The summed E-state index contributed by atoms with van der Waals surface area (Å²) in [4.78, 5) is 50.9. The number of hydrogen-bond donors (Lipinski definition) is 4. The minimum atomic E-state index is -0.588. The van der Waals surface area contributed by atoms with E-state index in [9.17, 15) is 19.2 Å². The quantitative estimate of drug-likeness (QED) is 0.189. The first kappa shape index (κ1) is 37.5. The lowest BCUT2D eigenvalue weighted by atomic mass is 9.85. The third-order valence-electron chi connectivity index (χ3n) is 10.7. The zero-order valence-electron chi connectivity index (χ0n) is 32.1. The summed E-state index contributed by atoms with van der Waals surface area (Å²) in [5.74, 6) is -0.979. The van der Waals surface area contributed by atoms with Crippen molar-refractivity contribution in [2.24, 2.45) is 0 Å². The van der Waals surface area contributed by atoms with Gasteiger partial charge in [0.25, 0.3) is 23.6 Å². The molecule has 4 aromatic carbocycles. The van der Waals surface area contributed by atoms with Gasteiger partial charge in [0.2, 0.25) is 0 Å². The van der Waals surface area contributed by atoms with Crippen molar-refractivity contribution in [3.05, 3.63) is 164 Å². The van der Waals surface area contributed by atoms with Crippen LogP contribution in [0.3, 0.4) is 0 Å². The Morgan fingerprint density at radius 1 is 0.429 bits per heavy atom. The molecule has 4 atom stereocenters. The van der Waals surface area contributed by atoms with Gasteiger partial charge in [0.1, 0.15) is 0 Å². The lowest BCUT2D eigenvalue weighted by Crippen LogP contribution is -2.33. The van der Waals surface area contributed by atoms with E-state index < -0.39 is 24.2 Å².